The number of hydrogen-bond donors (Lipinski definition) is 0. The van der Waals surface area contributed by atoms with Gasteiger partial charge < -0.3 is 4.90 Å². The molecule has 0 unspecified atom stereocenters. The zero-order chi connectivity index (χ0) is 18.3. The summed E-state index contributed by atoms with van der Waals surface area (Å²) in [6.45, 7) is 3.82. The van der Waals surface area contributed by atoms with Crippen molar-refractivity contribution in [3.63, 3.8) is 0 Å². The maximum Gasteiger partial charge on any atom is 0.269 e. The molecular formula is C18H19IN4O2S. The third kappa shape index (κ3) is 2.98. The number of hydrogen-bond acceptors (Lipinski definition) is 5. The van der Waals surface area contributed by atoms with Crippen molar-refractivity contribution >= 4 is 49.5 Å². The lowest BCUT2D eigenvalue weighted by molar-refractivity contribution is 0.574. The van der Waals surface area contributed by atoms with E-state index in [0.717, 1.165) is 46.3 Å². The highest BCUT2D eigenvalue weighted by Gasteiger charge is 2.25. The summed E-state index contributed by atoms with van der Waals surface area (Å²) in [4.78, 5) is 11.3. The lowest BCUT2D eigenvalue weighted by Crippen LogP contribution is -2.30. The molecule has 0 amide bonds. The highest BCUT2D eigenvalue weighted by Crippen LogP contribution is 2.32. The molecule has 6 nitrogen and oxygen atoms in total. The summed E-state index contributed by atoms with van der Waals surface area (Å²) in [5, 5.41) is 0.811. The van der Waals surface area contributed by atoms with Crippen LogP contribution in [0.25, 0.3) is 11.0 Å². The van der Waals surface area contributed by atoms with Crippen molar-refractivity contribution in [1.82, 2.24) is 13.9 Å². The molecular weight excluding hydrogens is 463 g/mol. The van der Waals surface area contributed by atoms with Gasteiger partial charge in [-0.3, -0.25) is 0 Å². The van der Waals surface area contributed by atoms with Gasteiger partial charge in [0, 0.05) is 22.9 Å². The highest BCUT2D eigenvalue weighted by atomic mass is 127. The predicted molar refractivity (Wildman–Crippen MR) is 110 cm³/mol. The summed E-state index contributed by atoms with van der Waals surface area (Å²) in [6.07, 6.45) is 6.59. The van der Waals surface area contributed by atoms with Gasteiger partial charge in [0.2, 0.25) is 0 Å². The average Bonchev–Trinajstić information content (AvgIpc) is 3.01. The van der Waals surface area contributed by atoms with Gasteiger partial charge in [-0.05, 0) is 60.9 Å². The first-order valence-electron chi connectivity index (χ1n) is 8.57. The second-order valence-corrected chi connectivity index (χ2v) is 9.51. The molecule has 0 radical (unpaired) electrons. The number of rotatable bonds is 3. The maximum atomic E-state index is 13.1. The van der Waals surface area contributed by atoms with Crippen molar-refractivity contribution in [2.24, 2.45) is 0 Å². The Balaban J connectivity index is 1.88. The summed E-state index contributed by atoms with van der Waals surface area (Å²) in [7, 11) is -3.71. The van der Waals surface area contributed by atoms with Crippen molar-refractivity contribution in [2.45, 2.75) is 31.1 Å². The second kappa shape index (κ2) is 6.80. The topological polar surface area (TPSA) is 68.1 Å². The van der Waals surface area contributed by atoms with Crippen LogP contribution in [0.3, 0.4) is 0 Å². The van der Waals surface area contributed by atoms with E-state index in [1.165, 1.54) is 16.7 Å². The number of fused-ring (bicyclic) bond motifs is 1. The molecule has 0 saturated carbocycles. The Hall–Kier alpha value is -1.68. The molecule has 2 aromatic heterocycles. The maximum absolute atomic E-state index is 13.1. The molecule has 0 atom stereocenters. The second-order valence-electron chi connectivity index (χ2n) is 6.53. The van der Waals surface area contributed by atoms with Crippen LogP contribution in [0, 0.1) is 10.5 Å². The minimum absolute atomic E-state index is 0.259. The average molecular weight is 482 g/mol. The monoisotopic (exact) mass is 482 g/mol. The summed E-state index contributed by atoms with van der Waals surface area (Å²) in [5.74, 6) is 0.831. The standard InChI is InChI=1S/C18H19IN4O2S/c1-13-5-7-14(8-6-13)26(24,25)23-11-15(19)16-17(20-12-21-18(16)23)22-9-3-2-4-10-22/h5-8,11-12H,2-4,9-10H2,1H3. The highest BCUT2D eigenvalue weighted by molar-refractivity contribution is 14.1. The van der Waals surface area contributed by atoms with Gasteiger partial charge in [-0.1, -0.05) is 17.7 Å². The number of aryl methyl sites for hydroxylation is 1. The molecule has 4 rings (SSSR count). The molecule has 1 saturated heterocycles. The molecule has 8 heteroatoms. The molecule has 1 aliphatic rings. The van der Waals surface area contributed by atoms with Gasteiger partial charge in [-0.15, -0.1) is 0 Å². The Morgan fingerprint density at radius 1 is 1.04 bits per heavy atom. The molecule has 3 heterocycles. The van der Waals surface area contributed by atoms with Crippen molar-refractivity contribution in [1.29, 1.82) is 0 Å². The molecule has 0 aliphatic carbocycles. The summed E-state index contributed by atoms with van der Waals surface area (Å²) < 4.78 is 28.4. The van der Waals surface area contributed by atoms with Crippen LogP contribution >= 0.6 is 22.6 Å². The molecule has 1 fully saturated rings. The minimum Gasteiger partial charge on any atom is -0.356 e. The SMILES string of the molecule is Cc1ccc(S(=O)(=O)n2cc(I)c3c(N4CCCCC4)ncnc32)cc1. The van der Waals surface area contributed by atoms with E-state index < -0.39 is 10.0 Å². The fourth-order valence-corrected chi connectivity index (χ4v) is 5.60. The molecule has 1 aromatic carbocycles. The van der Waals surface area contributed by atoms with Crippen LogP contribution in [0.2, 0.25) is 0 Å². The van der Waals surface area contributed by atoms with Crippen molar-refractivity contribution in [2.75, 3.05) is 18.0 Å². The quantitative estimate of drug-likeness (QED) is 0.534. The van der Waals surface area contributed by atoms with E-state index in [2.05, 4.69) is 37.5 Å². The fourth-order valence-electron chi connectivity index (χ4n) is 3.33. The Morgan fingerprint density at radius 3 is 2.42 bits per heavy atom. The molecule has 0 N–H and O–H groups in total. The lowest BCUT2D eigenvalue weighted by atomic mass is 10.1. The van der Waals surface area contributed by atoms with Crippen molar-refractivity contribution in [3.05, 3.63) is 45.9 Å². The zero-order valence-corrected chi connectivity index (χ0v) is 17.4. The first kappa shape index (κ1) is 17.7. The van der Waals surface area contributed by atoms with Crippen molar-refractivity contribution < 1.29 is 8.42 Å². The number of nitrogens with zero attached hydrogens (tertiary/aromatic N) is 4. The normalized spacial score (nSPS) is 15.5. The van der Waals surface area contributed by atoms with Gasteiger partial charge in [0.05, 0.1) is 10.3 Å². The summed E-state index contributed by atoms with van der Waals surface area (Å²) in [6, 6.07) is 6.88. The largest absolute Gasteiger partial charge is 0.356 e. The van der Waals surface area contributed by atoms with Gasteiger partial charge in [0.25, 0.3) is 10.0 Å². The van der Waals surface area contributed by atoms with E-state index >= 15 is 0 Å². The number of halogens is 1. The zero-order valence-electron chi connectivity index (χ0n) is 14.4. The van der Waals surface area contributed by atoms with E-state index in [1.54, 1.807) is 30.5 Å². The van der Waals surface area contributed by atoms with Crippen LogP contribution in [-0.2, 0) is 10.0 Å². The fraction of sp³-hybridized carbons (Fsp3) is 0.333. The molecule has 136 valence electrons. The lowest BCUT2D eigenvalue weighted by Gasteiger charge is -2.28. The van der Waals surface area contributed by atoms with Gasteiger partial charge in [0.1, 0.15) is 12.1 Å². The van der Waals surface area contributed by atoms with Crippen LogP contribution in [0.5, 0.6) is 0 Å². The molecule has 0 spiro atoms. The summed E-state index contributed by atoms with van der Waals surface area (Å²) in [5.41, 5.74) is 1.45. The summed E-state index contributed by atoms with van der Waals surface area (Å²) >= 11 is 2.17. The van der Waals surface area contributed by atoms with E-state index in [9.17, 15) is 8.42 Å². The van der Waals surface area contributed by atoms with Gasteiger partial charge in [0.15, 0.2) is 5.65 Å². The number of benzene rings is 1. The Morgan fingerprint density at radius 2 is 1.73 bits per heavy atom. The van der Waals surface area contributed by atoms with Crippen LogP contribution in [0.15, 0.2) is 41.7 Å². The van der Waals surface area contributed by atoms with E-state index in [0.29, 0.717) is 5.65 Å². The van der Waals surface area contributed by atoms with E-state index in [1.807, 2.05) is 6.92 Å². The van der Waals surface area contributed by atoms with Crippen LogP contribution in [0.4, 0.5) is 5.82 Å². The smallest absolute Gasteiger partial charge is 0.269 e. The van der Waals surface area contributed by atoms with Gasteiger partial charge >= 0.3 is 0 Å². The van der Waals surface area contributed by atoms with Gasteiger partial charge in [-0.25, -0.2) is 22.4 Å². The van der Waals surface area contributed by atoms with E-state index in [-0.39, 0.29) is 4.90 Å². The van der Waals surface area contributed by atoms with Crippen LogP contribution in [-0.4, -0.2) is 35.4 Å². The van der Waals surface area contributed by atoms with Gasteiger partial charge in [-0.2, -0.15) is 0 Å². The Labute approximate surface area is 166 Å². The predicted octanol–water partition coefficient (Wildman–Crippen LogP) is 3.57. The third-order valence-corrected chi connectivity index (χ3v) is 7.20. The molecule has 0 bridgehead atoms. The first-order chi connectivity index (χ1) is 12.5. The molecule has 26 heavy (non-hydrogen) atoms. The third-order valence-electron chi connectivity index (χ3n) is 4.72. The number of piperidine rings is 1. The number of anilines is 1. The Bertz CT molecular complexity index is 1050. The van der Waals surface area contributed by atoms with Crippen molar-refractivity contribution in [3.8, 4) is 0 Å². The minimum atomic E-state index is -3.71. The molecule has 1 aliphatic heterocycles. The van der Waals surface area contributed by atoms with E-state index in [4.69, 9.17) is 0 Å². The Kier molecular flexibility index (Phi) is 4.64. The number of aromatic nitrogens is 3. The van der Waals surface area contributed by atoms with Crippen LogP contribution in [0.1, 0.15) is 24.8 Å². The molecule has 3 aromatic rings. The first-order valence-corrected chi connectivity index (χ1v) is 11.1. The van der Waals surface area contributed by atoms with Crippen LogP contribution < -0.4 is 4.90 Å².